The fourth-order valence-electron chi connectivity index (χ4n) is 4.27. The summed E-state index contributed by atoms with van der Waals surface area (Å²) in [5.74, 6) is 0.112. The van der Waals surface area contributed by atoms with Gasteiger partial charge in [0.2, 0.25) is 0 Å². The zero-order valence-electron chi connectivity index (χ0n) is 21.4. The summed E-state index contributed by atoms with van der Waals surface area (Å²) in [6, 6.07) is 20.1. The Morgan fingerprint density at radius 3 is 2.24 bits per heavy atom. The molecule has 1 amide bonds. The van der Waals surface area contributed by atoms with E-state index >= 15 is 0 Å². The molecule has 1 heterocycles. The Hall–Kier alpha value is -4.26. The number of carbonyl (C=O) groups excluding carboxylic acids is 2. The molecule has 1 saturated heterocycles. The van der Waals surface area contributed by atoms with E-state index in [9.17, 15) is 14.7 Å². The highest BCUT2D eigenvalue weighted by Crippen LogP contribution is 2.43. The van der Waals surface area contributed by atoms with Crippen LogP contribution in [0.2, 0.25) is 0 Å². The Morgan fingerprint density at radius 2 is 1.62 bits per heavy atom. The number of amides is 1. The van der Waals surface area contributed by atoms with Crippen molar-refractivity contribution in [3.05, 3.63) is 89.5 Å². The molecule has 192 valence electrons. The first-order valence-electron chi connectivity index (χ1n) is 12.3. The number of Topliss-reactive ketones (excluding diaryl/α,β-unsaturated/α-hetero) is 1. The normalized spacial score (nSPS) is 16.8. The van der Waals surface area contributed by atoms with E-state index in [1.807, 2.05) is 20.8 Å². The van der Waals surface area contributed by atoms with Crippen LogP contribution in [0.5, 0.6) is 17.2 Å². The highest BCUT2D eigenvalue weighted by Gasteiger charge is 2.47. The van der Waals surface area contributed by atoms with Crippen LogP contribution < -0.4 is 19.1 Å². The van der Waals surface area contributed by atoms with Gasteiger partial charge in [0.25, 0.3) is 11.7 Å². The smallest absolute Gasteiger partial charge is 0.300 e. The summed E-state index contributed by atoms with van der Waals surface area (Å²) < 4.78 is 16.7. The summed E-state index contributed by atoms with van der Waals surface area (Å²) in [5, 5.41) is 11.4. The van der Waals surface area contributed by atoms with Crippen molar-refractivity contribution >= 4 is 23.1 Å². The van der Waals surface area contributed by atoms with Crippen LogP contribution in [-0.4, -0.2) is 36.6 Å². The number of carbonyl (C=O) groups is 2. The van der Waals surface area contributed by atoms with E-state index in [2.05, 4.69) is 0 Å². The first-order valence-corrected chi connectivity index (χ1v) is 12.3. The van der Waals surface area contributed by atoms with Crippen molar-refractivity contribution in [2.75, 3.05) is 18.6 Å². The van der Waals surface area contributed by atoms with E-state index in [1.54, 1.807) is 79.9 Å². The third-order valence-corrected chi connectivity index (χ3v) is 5.94. The minimum atomic E-state index is -0.846. The minimum absolute atomic E-state index is 0.00186. The van der Waals surface area contributed by atoms with Crippen LogP contribution in [0, 0.1) is 0 Å². The third-order valence-electron chi connectivity index (χ3n) is 5.94. The number of anilines is 1. The van der Waals surface area contributed by atoms with Gasteiger partial charge in [0, 0.05) is 11.3 Å². The topological polar surface area (TPSA) is 85.3 Å². The van der Waals surface area contributed by atoms with Gasteiger partial charge in [-0.15, -0.1) is 0 Å². The molecular weight excluding hydrogens is 470 g/mol. The van der Waals surface area contributed by atoms with Gasteiger partial charge in [-0.3, -0.25) is 14.5 Å². The number of hydrogen-bond donors (Lipinski definition) is 1. The second-order valence-electron chi connectivity index (χ2n) is 8.98. The zero-order valence-corrected chi connectivity index (χ0v) is 21.4. The summed E-state index contributed by atoms with van der Waals surface area (Å²) in [4.78, 5) is 28.2. The van der Waals surface area contributed by atoms with Gasteiger partial charge in [-0.1, -0.05) is 31.2 Å². The SMILES string of the molecule is CCCOc1cccc(/C(O)=C2/C(=O)C(=O)N(c3ccc(OC)cc3)C2c2ccc(OC(C)C)cc2)c1. The van der Waals surface area contributed by atoms with Crippen molar-refractivity contribution in [2.45, 2.75) is 39.3 Å². The van der Waals surface area contributed by atoms with Gasteiger partial charge in [0.05, 0.1) is 31.4 Å². The van der Waals surface area contributed by atoms with E-state index in [1.165, 1.54) is 4.90 Å². The van der Waals surface area contributed by atoms with E-state index in [0.29, 0.717) is 40.7 Å². The Kier molecular flexibility index (Phi) is 7.82. The number of rotatable bonds is 9. The molecule has 0 saturated carbocycles. The van der Waals surface area contributed by atoms with Crippen molar-refractivity contribution < 1.29 is 28.9 Å². The molecule has 0 radical (unpaired) electrons. The summed E-state index contributed by atoms with van der Waals surface area (Å²) in [5.41, 5.74) is 1.57. The molecule has 1 aliphatic heterocycles. The molecule has 4 rings (SSSR count). The fourth-order valence-corrected chi connectivity index (χ4v) is 4.27. The van der Waals surface area contributed by atoms with E-state index in [4.69, 9.17) is 14.2 Å². The van der Waals surface area contributed by atoms with E-state index in [-0.39, 0.29) is 17.4 Å². The molecule has 0 aliphatic carbocycles. The summed E-state index contributed by atoms with van der Waals surface area (Å²) in [7, 11) is 1.56. The van der Waals surface area contributed by atoms with Gasteiger partial charge < -0.3 is 19.3 Å². The van der Waals surface area contributed by atoms with Gasteiger partial charge in [0.15, 0.2) is 0 Å². The maximum absolute atomic E-state index is 13.4. The Labute approximate surface area is 216 Å². The first-order chi connectivity index (χ1) is 17.8. The van der Waals surface area contributed by atoms with Crippen LogP contribution in [0.15, 0.2) is 78.4 Å². The quantitative estimate of drug-likeness (QED) is 0.223. The monoisotopic (exact) mass is 501 g/mol. The molecule has 0 aromatic heterocycles. The lowest BCUT2D eigenvalue weighted by atomic mass is 9.95. The van der Waals surface area contributed by atoms with Crippen LogP contribution in [0.1, 0.15) is 44.4 Å². The zero-order chi connectivity index (χ0) is 26.5. The highest BCUT2D eigenvalue weighted by atomic mass is 16.5. The molecule has 3 aromatic rings. The second-order valence-corrected chi connectivity index (χ2v) is 8.98. The molecule has 0 spiro atoms. The van der Waals surface area contributed by atoms with Gasteiger partial charge in [-0.05, 0) is 74.4 Å². The van der Waals surface area contributed by atoms with E-state index in [0.717, 1.165) is 6.42 Å². The van der Waals surface area contributed by atoms with Crippen LogP contribution in [-0.2, 0) is 9.59 Å². The lowest BCUT2D eigenvalue weighted by Gasteiger charge is -2.26. The number of benzene rings is 3. The Morgan fingerprint density at radius 1 is 0.946 bits per heavy atom. The molecule has 1 atom stereocenters. The van der Waals surface area contributed by atoms with Gasteiger partial charge in [-0.2, -0.15) is 0 Å². The maximum atomic E-state index is 13.4. The number of nitrogens with zero attached hydrogens (tertiary/aromatic N) is 1. The van der Waals surface area contributed by atoms with Crippen LogP contribution in [0.3, 0.4) is 0 Å². The highest BCUT2D eigenvalue weighted by molar-refractivity contribution is 6.51. The van der Waals surface area contributed by atoms with Crippen molar-refractivity contribution in [2.24, 2.45) is 0 Å². The molecule has 3 aromatic carbocycles. The van der Waals surface area contributed by atoms with Gasteiger partial charge in [-0.25, -0.2) is 0 Å². The standard InChI is InChI=1S/C30H31NO6/c1-5-17-36-25-8-6-7-21(18-25)28(32)26-27(20-9-13-24(14-10-20)37-19(2)3)31(30(34)29(26)33)22-11-15-23(35-4)16-12-22/h6-16,18-19,27,32H,5,17H2,1-4H3/b28-26-. The van der Waals surface area contributed by atoms with Crippen LogP contribution in [0.25, 0.3) is 5.76 Å². The lowest BCUT2D eigenvalue weighted by Crippen LogP contribution is -2.29. The summed E-state index contributed by atoms with van der Waals surface area (Å²) in [6.45, 7) is 6.40. The van der Waals surface area contributed by atoms with Crippen LogP contribution in [0.4, 0.5) is 5.69 Å². The predicted octanol–water partition coefficient (Wildman–Crippen LogP) is 5.90. The van der Waals surface area contributed by atoms with Gasteiger partial charge >= 0.3 is 0 Å². The number of ether oxygens (including phenoxy) is 3. The number of aliphatic hydroxyl groups excluding tert-OH is 1. The van der Waals surface area contributed by atoms with Crippen molar-refractivity contribution in [1.82, 2.24) is 0 Å². The minimum Gasteiger partial charge on any atom is -0.507 e. The fraction of sp³-hybridized carbons (Fsp3) is 0.267. The van der Waals surface area contributed by atoms with Crippen LogP contribution >= 0.6 is 0 Å². The molecule has 1 unspecified atom stereocenters. The molecule has 37 heavy (non-hydrogen) atoms. The maximum Gasteiger partial charge on any atom is 0.300 e. The molecule has 7 heteroatoms. The summed E-state index contributed by atoms with van der Waals surface area (Å²) in [6.07, 6.45) is 0.831. The molecule has 1 aliphatic rings. The second kappa shape index (κ2) is 11.2. The molecule has 1 fully saturated rings. The largest absolute Gasteiger partial charge is 0.507 e. The molecular formula is C30H31NO6. The molecule has 7 nitrogen and oxygen atoms in total. The first kappa shape index (κ1) is 25.8. The predicted molar refractivity (Wildman–Crippen MR) is 142 cm³/mol. The lowest BCUT2D eigenvalue weighted by molar-refractivity contribution is -0.132. The van der Waals surface area contributed by atoms with Crippen molar-refractivity contribution in [1.29, 1.82) is 0 Å². The Balaban J connectivity index is 1.84. The number of hydrogen-bond acceptors (Lipinski definition) is 6. The van der Waals surface area contributed by atoms with Crippen molar-refractivity contribution in [3.8, 4) is 17.2 Å². The third kappa shape index (κ3) is 5.45. The molecule has 1 N–H and O–H groups in total. The van der Waals surface area contributed by atoms with Crippen molar-refractivity contribution in [3.63, 3.8) is 0 Å². The molecule has 0 bridgehead atoms. The summed E-state index contributed by atoms with van der Waals surface area (Å²) >= 11 is 0. The Bertz CT molecular complexity index is 1290. The number of aliphatic hydroxyl groups is 1. The van der Waals surface area contributed by atoms with E-state index < -0.39 is 17.7 Å². The number of ketones is 1. The average molecular weight is 502 g/mol. The number of methoxy groups -OCH3 is 1. The van der Waals surface area contributed by atoms with Gasteiger partial charge in [0.1, 0.15) is 23.0 Å². The average Bonchev–Trinajstić information content (AvgIpc) is 3.17.